The Labute approximate surface area is 273 Å². The highest BCUT2D eigenvalue weighted by Crippen LogP contribution is 2.30. The van der Waals surface area contributed by atoms with Gasteiger partial charge in [-0.25, -0.2) is 9.18 Å². The van der Waals surface area contributed by atoms with Crippen LogP contribution in [0.15, 0.2) is 103 Å². The average molecular weight is 637 g/mol. The molecule has 0 aliphatic carbocycles. The zero-order valence-corrected chi connectivity index (χ0v) is 26.0. The fourth-order valence-electron chi connectivity index (χ4n) is 5.69. The smallest absolute Gasteiger partial charge is 0.407 e. The second kappa shape index (κ2) is 16.4. The summed E-state index contributed by atoms with van der Waals surface area (Å²) in [7, 11) is 1.24. The van der Waals surface area contributed by atoms with Gasteiger partial charge in [0.15, 0.2) is 0 Å². The van der Waals surface area contributed by atoms with Gasteiger partial charge in [-0.15, -0.1) is 0 Å². The summed E-state index contributed by atoms with van der Waals surface area (Å²) in [6, 6.07) is 31.2. The summed E-state index contributed by atoms with van der Waals surface area (Å²) in [6.45, 7) is 1.51. The average Bonchev–Trinajstić information content (AvgIpc) is 3.11. The lowest BCUT2D eigenvalue weighted by atomic mass is 9.84. The van der Waals surface area contributed by atoms with Crippen LogP contribution in [0, 0.1) is 17.1 Å². The molecular formula is C37H37FN4O5. The summed E-state index contributed by atoms with van der Waals surface area (Å²) in [5, 5.41) is 18.0. The number of halogens is 1. The van der Waals surface area contributed by atoms with Crippen molar-refractivity contribution in [3.8, 4) is 11.8 Å². The maximum absolute atomic E-state index is 15.3. The Morgan fingerprint density at radius 3 is 2.23 bits per heavy atom. The van der Waals surface area contributed by atoms with Gasteiger partial charge in [0.05, 0.1) is 24.8 Å². The summed E-state index contributed by atoms with van der Waals surface area (Å²) < 4.78 is 32.3. The van der Waals surface area contributed by atoms with E-state index in [1.54, 1.807) is 30.3 Å². The van der Waals surface area contributed by atoms with Crippen molar-refractivity contribution in [2.45, 2.75) is 37.0 Å². The number of benzene rings is 4. The van der Waals surface area contributed by atoms with Gasteiger partial charge < -0.3 is 30.2 Å². The van der Waals surface area contributed by atoms with E-state index in [0.29, 0.717) is 55.1 Å². The topological polar surface area (TPSA) is 122 Å². The van der Waals surface area contributed by atoms with Gasteiger partial charge in [-0.1, -0.05) is 66.7 Å². The van der Waals surface area contributed by atoms with Crippen LogP contribution in [0.3, 0.4) is 0 Å². The number of nitriles is 1. The van der Waals surface area contributed by atoms with Crippen molar-refractivity contribution in [3.05, 3.63) is 131 Å². The van der Waals surface area contributed by atoms with Gasteiger partial charge in [0, 0.05) is 30.3 Å². The Hall–Kier alpha value is -5.24. The first-order chi connectivity index (χ1) is 22.9. The lowest BCUT2D eigenvalue weighted by molar-refractivity contribution is -0.118. The van der Waals surface area contributed by atoms with Crippen molar-refractivity contribution in [1.29, 1.82) is 5.26 Å². The van der Waals surface area contributed by atoms with E-state index < -0.39 is 29.8 Å². The Balaban J connectivity index is 1.29. The van der Waals surface area contributed by atoms with Crippen molar-refractivity contribution in [3.63, 3.8) is 0 Å². The fourth-order valence-corrected chi connectivity index (χ4v) is 5.69. The van der Waals surface area contributed by atoms with Gasteiger partial charge in [0.2, 0.25) is 5.91 Å². The SMILES string of the molecule is COC(=O)N[C@H](C(=O)Nc1cccc(F)c1CC[C@@H]1CNC[C@@H](COc2ccc(C#N)cc2)O1)C(c1ccccc1)c1ccccc1. The minimum atomic E-state index is -1.08. The molecule has 1 aliphatic heterocycles. The molecule has 3 atom stereocenters. The number of nitrogens with zero attached hydrogens (tertiary/aromatic N) is 1. The minimum Gasteiger partial charge on any atom is -0.491 e. The number of alkyl carbamates (subject to hydrolysis) is 1. The van der Waals surface area contributed by atoms with Crippen LogP contribution >= 0.6 is 0 Å². The molecule has 0 spiro atoms. The molecule has 1 fully saturated rings. The summed E-state index contributed by atoms with van der Waals surface area (Å²) in [4.78, 5) is 26.5. The summed E-state index contributed by atoms with van der Waals surface area (Å²) in [6.07, 6.45) is -0.405. The van der Waals surface area contributed by atoms with Crippen LogP contribution in [0.2, 0.25) is 0 Å². The number of hydrogen-bond acceptors (Lipinski definition) is 7. The van der Waals surface area contributed by atoms with Gasteiger partial charge in [0.25, 0.3) is 0 Å². The molecule has 0 radical (unpaired) electrons. The van der Waals surface area contributed by atoms with Crippen LogP contribution in [0.1, 0.15) is 34.6 Å². The Kier molecular flexibility index (Phi) is 11.5. The quantitative estimate of drug-likeness (QED) is 0.186. The first-order valence-electron chi connectivity index (χ1n) is 15.5. The van der Waals surface area contributed by atoms with Crippen LogP contribution in [-0.4, -0.2) is 57.1 Å². The first-order valence-corrected chi connectivity index (χ1v) is 15.5. The van der Waals surface area contributed by atoms with Gasteiger partial charge in [0.1, 0.15) is 30.3 Å². The maximum Gasteiger partial charge on any atom is 0.407 e. The van der Waals surface area contributed by atoms with E-state index >= 15 is 4.39 Å². The lowest BCUT2D eigenvalue weighted by Gasteiger charge is -2.31. The van der Waals surface area contributed by atoms with Crippen molar-refractivity contribution < 1.29 is 28.2 Å². The molecule has 4 aromatic rings. The van der Waals surface area contributed by atoms with E-state index in [1.165, 1.54) is 19.2 Å². The molecule has 1 saturated heterocycles. The van der Waals surface area contributed by atoms with Crippen LogP contribution in [0.4, 0.5) is 14.9 Å². The number of morpholine rings is 1. The number of hydrogen-bond donors (Lipinski definition) is 3. The second-order valence-electron chi connectivity index (χ2n) is 11.2. The van der Waals surface area contributed by atoms with Crippen molar-refractivity contribution in [2.75, 3.05) is 32.1 Å². The highest BCUT2D eigenvalue weighted by molar-refractivity contribution is 5.98. The van der Waals surface area contributed by atoms with Crippen LogP contribution < -0.4 is 20.7 Å². The van der Waals surface area contributed by atoms with Crippen LogP contribution in [-0.2, 0) is 20.7 Å². The minimum absolute atomic E-state index is 0.212. The van der Waals surface area contributed by atoms with Crippen molar-refractivity contribution >= 4 is 17.7 Å². The molecule has 0 aromatic heterocycles. The predicted octanol–water partition coefficient (Wildman–Crippen LogP) is 5.56. The van der Waals surface area contributed by atoms with Gasteiger partial charge in [-0.2, -0.15) is 5.26 Å². The molecule has 0 bridgehead atoms. The molecule has 3 N–H and O–H groups in total. The first kappa shape index (κ1) is 33.1. The molecule has 242 valence electrons. The molecule has 4 aromatic carbocycles. The number of amides is 2. The summed E-state index contributed by atoms with van der Waals surface area (Å²) >= 11 is 0. The number of nitrogens with one attached hydrogen (secondary N) is 3. The molecule has 0 unspecified atom stereocenters. The van der Waals surface area contributed by atoms with Gasteiger partial charge in [-0.05, 0) is 60.4 Å². The molecule has 1 heterocycles. The molecule has 47 heavy (non-hydrogen) atoms. The summed E-state index contributed by atoms with van der Waals surface area (Å²) in [5.74, 6) is -0.884. The number of carbonyl (C=O) groups excluding carboxylic acids is 2. The van der Waals surface area contributed by atoms with Gasteiger partial charge >= 0.3 is 6.09 Å². The molecular weight excluding hydrogens is 599 g/mol. The fraction of sp³-hybridized carbons (Fsp3) is 0.270. The van der Waals surface area contributed by atoms with Gasteiger partial charge in [-0.3, -0.25) is 4.79 Å². The van der Waals surface area contributed by atoms with Crippen molar-refractivity contribution in [1.82, 2.24) is 10.6 Å². The monoisotopic (exact) mass is 636 g/mol. The highest BCUT2D eigenvalue weighted by Gasteiger charge is 2.33. The number of rotatable bonds is 12. The zero-order chi connectivity index (χ0) is 33.0. The number of methoxy groups -OCH3 is 1. The highest BCUT2D eigenvalue weighted by atomic mass is 19.1. The molecule has 0 saturated carbocycles. The van der Waals surface area contributed by atoms with Crippen LogP contribution in [0.25, 0.3) is 0 Å². The Bertz CT molecular complexity index is 1620. The van der Waals surface area contributed by atoms with E-state index in [9.17, 15) is 9.59 Å². The molecule has 10 heteroatoms. The van der Waals surface area contributed by atoms with Crippen molar-refractivity contribution in [2.24, 2.45) is 0 Å². The third-order valence-corrected chi connectivity index (χ3v) is 8.03. The normalized spacial score (nSPS) is 16.5. The molecule has 1 aliphatic rings. The van der Waals surface area contributed by atoms with E-state index in [1.807, 2.05) is 60.7 Å². The molecule has 9 nitrogen and oxygen atoms in total. The number of anilines is 1. The largest absolute Gasteiger partial charge is 0.491 e. The number of ether oxygens (including phenoxy) is 3. The van der Waals surface area contributed by atoms with E-state index in [0.717, 1.165) is 11.1 Å². The van der Waals surface area contributed by atoms with E-state index in [4.69, 9.17) is 19.5 Å². The zero-order valence-electron chi connectivity index (χ0n) is 26.0. The predicted molar refractivity (Wildman–Crippen MR) is 176 cm³/mol. The van der Waals surface area contributed by atoms with E-state index in [2.05, 4.69) is 22.0 Å². The Morgan fingerprint density at radius 1 is 0.936 bits per heavy atom. The number of carbonyl (C=O) groups is 2. The Morgan fingerprint density at radius 2 is 1.60 bits per heavy atom. The third-order valence-electron chi connectivity index (χ3n) is 8.03. The third kappa shape index (κ3) is 8.94. The molecule has 2 amide bonds. The summed E-state index contributed by atoms with van der Waals surface area (Å²) in [5.41, 5.74) is 2.84. The molecule has 5 rings (SSSR count). The lowest BCUT2D eigenvalue weighted by Crippen LogP contribution is -2.48. The maximum atomic E-state index is 15.3. The standard InChI is InChI=1S/C37H37FN4O5/c1-45-37(44)42-35(34(26-9-4-2-5-10-26)27-11-6-3-7-12-27)36(43)41-33-14-8-13-32(38)31(33)20-19-29-22-40-23-30(47-29)24-46-28-17-15-25(21-39)16-18-28/h2-18,29-30,34-35,40H,19-20,22-24H2,1H3,(H,41,43)(H,42,44)/t29-,30+,35+/m1/s1. The van der Waals surface area contributed by atoms with Crippen LogP contribution in [0.5, 0.6) is 5.75 Å². The van der Waals surface area contributed by atoms with E-state index in [-0.39, 0.29) is 12.2 Å². The second-order valence-corrected chi connectivity index (χ2v) is 11.2.